The summed E-state index contributed by atoms with van der Waals surface area (Å²) in [6, 6.07) is 1.51. The van der Waals surface area contributed by atoms with Gasteiger partial charge >= 0.3 is 0 Å². The minimum Gasteiger partial charge on any atom is -0.384 e. The fourth-order valence-electron chi connectivity index (χ4n) is 2.42. The predicted octanol–water partition coefficient (Wildman–Crippen LogP) is 1.18. The lowest BCUT2D eigenvalue weighted by molar-refractivity contribution is 0.121. The van der Waals surface area contributed by atoms with Crippen molar-refractivity contribution in [1.82, 2.24) is 9.29 Å². The van der Waals surface area contributed by atoms with E-state index in [0.717, 1.165) is 12.8 Å². The average molecular weight is 379 g/mol. The van der Waals surface area contributed by atoms with Crippen molar-refractivity contribution in [2.45, 2.75) is 17.7 Å². The maximum atomic E-state index is 12.7. The van der Waals surface area contributed by atoms with Crippen LogP contribution in [0.2, 0.25) is 0 Å². The Labute approximate surface area is 133 Å². The average Bonchev–Trinajstić information content (AvgIpc) is 2.48. The van der Waals surface area contributed by atoms with Gasteiger partial charge in [-0.3, -0.25) is 0 Å². The number of pyridine rings is 1. The topological polar surface area (TPSA) is 97.5 Å². The first-order chi connectivity index (χ1) is 9.98. The van der Waals surface area contributed by atoms with Crippen LogP contribution in [-0.2, 0) is 14.8 Å². The quantitative estimate of drug-likeness (QED) is 0.589. The van der Waals surface area contributed by atoms with E-state index in [1.807, 2.05) is 0 Å². The number of nitrogens with two attached hydrogens (primary N) is 1. The highest BCUT2D eigenvalue weighted by molar-refractivity contribution is 9.10. The highest BCUT2D eigenvalue weighted by atomic mass is 79.9. The number of hydrazine groups is 1. The number of methoxy groups -OCH3 is 1. The number of rotatable bonds is 5. The second-order valence-corrected chi connectivity index (χ2v) is 7.77. The molecule has 0 bridgehead atoms. The number of anilines is 1. The molecule has 0 radical (unpaired) electrons. The molecule has 1 aromatic rings. The molecule has 7 nitrogen and oxygen atoms in total. The number of nitrogen functional groups attached to an aromatic ring is 1. The Morgan fingerprint density at radius 3 is 2.76 bits per heavy atom. The Balaban J connectivity index is 2.21. The molecule has 1 saturated heterocycles. The smallest absolute Gasteiger partial charge is 0.246 e. The Bertz CT molecular complexity index is 588. The third-order valence-electron chi connectivity index (χ3n) is 3.55. The van der Waals surface area contributed by atoms with Crippen molar-refractivity contribution >= 4 is 31.8 Å². The van der Waals surface area contributed by atoms with Crippen LogP contribution in [0, 0.1) is 5.92 Å². The number of piperidine rings is 1. The van der Waals surface area contributed by atoms with Gasteiger partial charge < -0.3 is 10.2 Å². The van der Waals surface area contributed by atoms with Crippen LogP contribution in [0.4, 0.5) is 5.82 Å². The Morgan fingerprint density at radius 1 is 1.52 bits per heavy atom. The summed E-state index contributed by atoms with van der Waals surface area (Å²) in [4.78, 5) is 4.08. The number of halogens is 1. The van der Waals surface area contributed by atoms with E-state index in [2.05, 4.69) is 26.3 Å². The Hall–Kier alpha value is -0.740. The fourth-order valence-corrected chi connectivity index (χ4v) is 4.50. The van der Waals surface area contributed by atoms with Gasteiger partial charge in [0.2, 0.25) is 10.0 Å². The molecule has 2 heterocycles. The standard InChI is InChI=1S/C12H19BrN4O3S/c1-20-8-9-2-4-17(5-3-9)21(18,19)11-6-10(13)7-15-12(11)16-14/h6-7,9H,2-5,8,14H2,1H3,(H,15,16). The largest absolute Gasteiger partial charge is 0.384 e. The van der Waals surface area contributed by atoms with E-state index in [4.69, 9.17) is 10.6 Å². The summed E-state index contributed by atoms with van der Waals surface area (Å²) in [5.74, 6) is 5.92. The molecule has 0 aromatic carbocycles. The van der Waals surface area contributed by atoms with Crippen LogP contribution in [0.25, 0.3) is 0 Å². The molecule has 2 rings (SSSR count). The van der Waals surface area contributed by atoms with Crippen molar-refractivity contribution in [3.05, 3.63) is 16.7 Å². The molecule has 1 aromatic heterocycles. The van der Waals surface area contributed by atoms with Crippen LogP contribution in [0.1, 0.15) is 12.8 Å². The van der Waals surface area contributed by atoms with Crippen molar-refractivity contribution < 1.29 is 13.2 Å². The van der Waals surface area contributed by atoms with Gasteiger partial charge in [0.05, 0.1) is 0 Å². The molecule has 118 valence electrons. The molecule has 9 heteroatoms. The molecule has 0 unspecified atom stereocenters. The lowest BCUT2D eigenvalue weighted by atomic mass is 9.99. The van der Waals surface area contributed by atoms with Gasteiger partial charge in [-0.1, -0.05) is 0 Å². The molecular weight excluding hydrogens is 360 g/mol. The molecular formula is C12H19BrN4O3S. The van der Waals surface area contributed by atoms with Crippen LogP contribution in [0.15, 0.2) is 21.6 Å². The molecule has 1 aliphatic heterocycles. The van der Waals surface area contributed by atoms with Crippen LogP contribution >= 0.6 is 15.9 Å². The summed E-state index contributed by atoms with van der Waals surface area (Å²) in [7, 11) is -1.95. The maximum absolute atomic E-state index is 12.7. The van der Waals surface area contributed by atoms with Crippen molar-refractivity contribution in [3.8, 4) is 0 Å². The van der Waals surface area contributed by atoms with Crippen LogP contribution in [0.5, 0.6) is 0 Å². The molecule has 1 fully saturated rings. The van der Waals surface area contributed by atoms with Gasteiger partial charge in [-0.2, -0.15) is 4.31 Å². The summed E-state index contributed by atoms with van der Waals surface area (Å²) in [5.41, 5.74) is 2.34. The number of sulfonamides is 1. The van der Waals surface area contributed by atoms with E-state index in [1.54, 1.807) is 7.11 Å². The van der Waals surface area contributed by atoms with Crippen molar-refractivity contribution in [1.29, 1.82) is 0 Å². The highest BCUT2D eigenvalue weighted by Crippen LogP contribution is 2.28. The van der Waals surface area contributed by atoms with Gasteiger partial charge in [0.15, 0.2) is 5.82 Å². The van der Waals surface area contributed by atoms with E-state index in [-0.39, 0.29) is 10.7 Å². The molecule has 0 amide bonds. The number of nitrogens with one attached hydrogen (secondary N) is 1. The Kier molecular flexibility index (Phi) is 5.55. The normalized spacial score (nSPS) is 17.9. The zero-order chi connectivity index (χ0) is 15.5. The van der Waals surface area contributed by atoms with E-state index in [9.17, 15) is 8.42 Å². The summed E-state index contributed by atoms with van der Waals surface area (Å²) in [6.45, 7) is 1.63. The second kappa shape index (κ2) is 7.01. The van der Waals surface area contributed by atoms with Crippen LogP contribution in [0.3, 0.4) is 0 Å². The SMILES string of the molecule is COCC1CCN(S(=O)(=O)c2cc(Br)cnc2NN)CC1. The minimum atomic E-state index is -3.61. The molecule has 0 aliphatic carbocycles. The predicted molar refractivity (Wildman–Crippen MR) is 83.1 cm³/mol. The first kappa shape index (κ1) is 16.6. The van der Waals surface area contributed by atoms with Gasteiger partial charge in [0.1, 0.15) is 4.90 Å². The monoisotopic (exact) mass is 378 g/mol. The minimum absolute atomic E-state index is 0.0876. The molecule has 21 heavy (non-hydrogen) atoms. The van der Waals surface area contributed by atoms with Gasteiger partial charge in [-0.05, 0) is 40.8 Å². The third kappa shape index (κ3) is 3.72. The third-order valence-corrected chi connectivity index (χ3v) is 5.90. The number of hydrogen-bond donors (Lipinski definition) is 2. The molecule has 3 N–H and O–H groups in total. The number of nitrogens with zero attached hydrogens (tertiary/aromatic N) is 2. The van der Waals surface area contributed by atoms with E-state index in [1.165, 1.54) is 16.6 Å². The summed E-state index contributed by atoms with van der Waals surface area (Å²) in [6.07, 6.45) is 3.08. The first-order valence-corrected chi connectivity index (χ1v) is 8.83. The maximum Gasteiger partial charge on any atom is 0.246 e. The van der Waals surface area contributed by atoms with Gasteiger partial charge in [0.25, 0.3) is 0 Å². The zero-order valence-electron chi connectivity index (χ0n) is 11.8. The number of hydrogen-bond acceptors (Lipinski definition) is 6. The van der Waals surface area contributed by atoms with Crippen LogP contribution in [-0.4, -0.2) is 44.5 Å². The summed E-state index contributed by atoms with van der Waals surface area (Å²) < 4.78 is 32.6. The lowest BCUT2D eigenvalue weighted by Crippen LogP contribution is -2.39. The van der Waals surface area contributed by atoms with Gasteiger partial charge in [-0.15, -0.1) is 0 Å². The van der Waals surface area contributed by atoms with Gasteiger partial charge in [-0.25, -0.2) is 19.2 Å². The van der Waals surface area contributed by atoms with E-state index < -0.39 is 10.0 Å². The molecule has 0 atom stereocenters. The fraction of sp³-hybridized carbons (Fsp3) is 0.583. The number of ether oxygens (including phenoxy) is 1. The second-order valence-electron chi connectivity index (χ2n) is 4.95. The molecule has 0 spiro atoms. The van der Waals surface area contributed by atoms with Crippen molar-refractivity contribution in [3.63, 3.8) is 0 Å². The summed E-state index contributed by atoms with van der Waals surface area (Å²) >= 11 is 3.24. The van der Waals surface area contributed by atoms with Crippen molar-refractivity contribution in [2.24, 2.45) is 11.8 Å². The van der Waals surface area contributed by atoms with Crippen LogP contribution < -0.4 is 11.3 Å². The van der Waals surface area contributed by atoms with E-state index >= 15 is 0 Å². The van der Waals surface area contributed by atoms with Gasteiger partial charge in [0, 0.05) is 37.5 Å². The Morgan fingerprint density at radius 2 is 2.19 bits per heavy atom. The molecule has 0 saturated carbocycles. The van der Waals surface area contributed by atoms with Crippen molar-refractivity contribution in [2.75, 3.05) is 32.2 Å². The summed E-state index contributed by atoms with van der Waals surface area (Å²) in [5, 5.41) is 0. The molecule has 1 aliphatic rings. The number of aromatic nitrogens is 1. The first-order valence-electron chi connectivity index (χ1n) is 6.60. The lowest BCUT2D eigenvalue weighted by Gasteiger charge is -2.31. The van der Waals surface area contributed by atoms with E-state index in [0.29, 0.717) is 30.1 Å². The highest BCUT2D eigenvalue weighted by Gasteiger charge is 2.31. The zero-order valence-corrected chi connectivity index (χ0v) is 14.2.